The number of hydrogen-bond acceptors (Lipinski definition) is 2. The SMILES string of the molecule is CCCn1ccnc1CNC(c1ccccc1)C(C)C. The van der Waals surface area contributed by atoms with Crippen molar-refractivity contribution in [1.29, 1.82) is 0 Å². The van der Waals surface area contributed by atoms with Crippen LogP contribution in [-0.2, 0) is 13.1 Å². The summed E-state index contributed by atoms with van der Waals surface area (Å²) in [6.07, 6.45) is 5.09. The Bertz CT molecular complexity index is 502. The number of benzene rings is 1. The van der Waals surface area contributed by atoms with Gasteiger partial charge in [-0.2, -0.15) is 0 Å². The molecule has 1 aromatic heterocycles. The van der Waals surface area contributed by atoms with E-state index in [-0.39, 0.29) is 0 Å². The van der Waals surface area contributed by atoms with Gasteiger partial charge in [-0.25, -0.2) is 4.98 Å². The molecule has 0 spiro atoms. The average Bonchev–Trinajstić information content (AvgIpc) is 2.88. The molecule has 0 saturated heterocycles. The summed E-state index contributed by atoms with van der Waals surface area (Å²) in [6, 6.07) is 11.0. The molecule has 0 saturated carbocycles. The normalized spacial score (nSPS) is 12.8. The van der Waals surface area contributed by atoms with Crippen molar-refractivity contribution in [3.05, 3.63) is 54.1 Å². The van der Waals surface area contributed by atoms with E-state index in [0.717, 1.165) is 25.3 Å². The summed E-state index contributed by atoms with van der Waals surface area (Å²) in [7, 11) is 0. The summed E-state index contributed by atoms with van der Waals surface area (Å²) in [5.41, 5.74) is 1.34. The van der Waals surface area contributed by atoms with Crippen molar-refractivity contribution in [2.24, 2.45) is 5.92 Å². The summed E-state index contributed by atoms with van der Waals surface area (Å²) >= 11 is 0. The molecule has 2 aromatic rings. The first-order chi connectivity index (χ1) is 9.72. The molecule has 1 heterocycles. The molecule has 3 nitrogen and oxygen atoms in total. The topological polar surface area (TPSA) is 29.9 Å². The number of imidazole rings is 1. The van der Waals surface area contributed by atoms with E-state index in [1.165, 1.54) is 5.56 Å². The Morgan fingerprint density at radius 1 is 1.20 bits per heavy atom. The first kappa shape index (κ1) is 14.8. The lowest BCUT2D eigenvalue weighted by Gasteiger charge is -2.23. The van der Waals surface area contributed by atoms with Crippen LogP contribution >= 0.6 is 0 Å². The van der Waals surface area contributed by atoms with Gasteiger partial charge >= 0.3 is 0 Å². The van der Waals surface area contributed by atoms with Gasteiger partial charge < -0.3 is 9.88 Å². The molecule has 0 fully saturated rings. The zero-order valence-electron chi connectivity index (χ0n) is 12.7. The Labute approximate surface area is 122 Å². The van der Waals surface area contributed by atoms with Crippen molar-refractivity contribution < 1.29 is 0 Å². The predicted molar refractivity (Wildman–Crippen MR) is 83.4 cm³/mol. The molecular weight excluding hydrogens is 246 g/mol. The first-order valence-corrected chi connectivity index (χ1v) is 7.50. The number of rotatable bonds is 7. The molecule has 108 valence electrons. The molecule has 0 aliphatic carbocycles. The van der Waals surface area contributed by atoms with Crippen molar-refractivity contribution >= 4 is 0 Å². The number of nitrogens with zero attached hydrogens (tertiary/aromatic N) is 2. The molecule has 1 atom stereocenters. The minimum Gasteiger partial charge on any atom is -0.334 e. The predicted octanol–water partition coefficient (Wildman–Crippen LogP) is 3.78. The van der Waals surface area contributed by atoms with E-state index < -0.39 is 0 Å². The van der Waals surface area contributed by atoms with Crippen LogP contribution in [0.1, 0.15) is 44.6 Å². The molecule has 1 unspecified atom stereocenters. The van der Waals surface area contributed by atoms with Gasteiger partial charge in [0, 0.05) is 25.0 Å². The van der Waals surface area contributed by atoms with Crippen LogP contribution in [0.5, 0.6) is 0 Å². The maximum absolute atomic E-state index is 4.46. The lowest BCUT2D eigenvalue weighted by atomic mass is 9.96. The van der Waals surface area contributed by atoms with E-state index >= 15 is 0 Å². The largest absolute Gasteiger partial charge is 0.334 e. The third-order valence-electron chi connectivity index (χ3n) is 3.57. The Kier molecular flexibility index (Phi) is 5.36. The smallest absolute Gasteiger partial charge is 0.122 e. The quantitative estimate of drug-likeness (QED) is 0.830. The van der Waals surface area contributed by atoms with E-state index in [1.807, 2.05) is 6.20 Å². The van der Waals surface area contributed by atoms with Crippen LogP contribution in [0.15, 0.2) is 42.7 Å². The maximum atomic E-state index is 4.46. The van der Waals surface area contributed by atoms with E-state index in [2.05, 4.69) is 72.2 Å². The van der Waals surface area contributed by atoms with Gasteiger partial charge in [0.25, 0.3) is 0 Å². The highest BCUT2D eigenvalue weighted by Gasteiger charge is 2.15. The number of nitrogens with one attached hydrogen (secondary N) is 1. The van der Waals surface area contributed by atoms with Crippen LogP contribution in [-0.4, -0.2) is 9.55 Å². The molecule has 0 radical (unpaired) electrons. The zero-order chi connectivity index (χ0) is 14.4. The summed E-state index contributed by atoms with van der Waals surface area (Å²) < 4.78 is 2.23. The third kappa shape index (κ3) is 3.70. The van der Waals surface area contributed by atoms with Gasteiger partial charge in [-0.3, -0.25) is 0 Å². The molecule has 1 aromatic carbocycles. The van der Waals surface area contributed by atoms with Crippen LogP contribution in [0.2, 0.25) is 0 Å². The molecule has 0 amide bonds. The van der Waals surface area contributed by atoms with Crippen molar-refractivity contribution in [1.82, 2.24) is 14.9 Å². The average molecular weight is 271 g/mol. The molecule has 3 heteroatoms. The van der Waals surface area contributed by atoms with Gasteiger partial charge in [-0.05, 0) is 17.9 Å². The monoisotopic (exact) mass is 271 g/mol. The number of aromatic nitrogens is 2. The van der Waals surface area contributed by atoms with Crippen molar-refractivity contribution in [2.75, 3.05) is 0 Å². The fourth-order valence-electron chi connectivity index (χ4n) is 2.55. The fourth-order valence-corrected chi connectivity index (χ4v) is 2.55. The second-order valence-corrected chi connectivity index (χ2v) is 5.55. The van der Waals surface area contributed by atoms with Crippen molar-refractivity contribution in [3.8, 4) is 0 Å². The summed E-state index contributed by atoms with van der Waals surface area (Å²) in [5, 5.41) is 3.65. The molecule has 0 aliphatic heterocycles. The zero-order valence-corrected chi connectivity index (χ0v) is 12.7. The van der Waals surface area contributed by atoms with Gasteiger partial charge in [-0.15, -0.1) is 0 Å². The lowest BCUT2D eigenvalue weighted by Crippen LogP contribution is -2.26. The Hall–Kier alpha value is -1.61. The third-order valence-corrected chi connectivity index (χ3v) is 3.57. The van der Waals surface area contributed by atoms with E-state index in [0.29, 0.717) is 12.0 Å². The fraction of sp³-hybridized carbons (Fsp3) is 0.471. The van der Waals surface area contributed by atoms with E-state index in [4.69, 9.17) is 0 Å². The second kappa shape index (κ2) is 7.25. The molecule has 20 heavy (non-hydrogen) atoms. The van der Waals surface area contributed by atoms with E-state index in [9.17, 15) is 0 Å². The minimum atomic E-state index is 0.364. The van der Waals surface area contributed by atoms with Gasteiger partial charge in [0.1, 0.15) is 5.82 Å². The van der Waals surface area contributed by atoms with Crippen molar-refractivity contribution in [3.63, 3.8) is 0 Å². The first-order valence-electron chi connectivity index (χ1n) is 7.50. The molecular formula is C17H25N3. The summed E-state index contributed by atoms with van der Waals surface area (Å²) in [6.45, 7) is 8.55. The Morgan fingerprint density at radius 3 is 2.60 bits per heavy atom. The minimum absolute atomic E-state index is 0.364. The van der Waals surface area contributed by atoms with Gasteiger partial charge in [0.05, 0.1) is 6.54 Å². The standard InChI is InChI=1S/C17H25N3/c1-4-11-20-12-10-18-16(20)13-19-17(14(2)3)15-8-6-5-7-9-15/h5-10,12,14,17,19H,4,11,13H2,1-3H3. The van der Waals surface area contributed by atoms with Gasteiger partial charge in [-0.1, -0.05) is 51.1 Å². The highest BCUT2D eigenvalue weighted by atomic mass is 15.1. The van der Waals surface area contributed by atoms with Crippen molar-refractivity contribution in [2.45, 2.75) is 46.3 Å². The van der Waals surface area contributed by atoms with E-state index in [1.54, 1.807) is 0 Å². The number of aryl methyl sites for hydroxylation is 1. The van der Waals surface area contributed by atoms with Gasteiger partial charge in [0.2, 0.25) is 0 Å². The van der Waals surface area contributed by atoms with Crippen LogP contribution in [0.25, 0.3) is 0 Å². The van der Waals surface area contributed by atoms with Crippen LogP contribution in [0.3, 0.4) is 0 Å². The van der Waals surface area contributed by atoms with Crippen LogP contribution in [0.4, 0.5) is 0 Å². The maximum Gasteiger partial charge on any atom is 0.122 e. The van der Waals surface area contributed by atoms with Crippen LogP contribution < -0.4 is 5.32 Å². The lowest BCUT2D eigenvalue weighted by molar-refractivity contribution is 0.401. The molecule has 0 aliphatic rings. The Morgan fingerprint density at radius 2 is 1.95 bits per heavy atom. The summed E-state index contributed by atoms with van der Waals surface area (Å²) in [4.78, 5) is 4.46. The highest BCUT2D eigenvalue weighted by molar-refractivity contribution is 5.19. The van der Waals surface area contributed by atoms with Gasteiger partial charge in [0.15, 0.2) is 0 Å². The molecule has 1 N–H and O–H groups in total. The summed E-state index contributed by atoms with van der Waals surface area (Å²) in [5.74, 6) is 1.67. The second-order valence-electron chi connectivity index (χ2n) is 5.55. The molecule has 2 rings (SSSR count). The van der Waals surface area contributed by atoms with Crippen LogP contribution in [0, 0.1) is 5.92 Å². The molecule has 0 bridgehead atoms. The highest BCUT2D eigenvalue weighted by Crippen LogP contribution is 2.21. The number of hydrogen-bond donors (Lipinski definition) is 1. The Balaban J connectivity index is 2.04.